The Bertz CT molecular complexity index is 776. The molecule has 0 aromatic heterocycles. The predicted molar refractivity (Wildman–Crippen MR) is 89.4 cm³/mol. The zero-order chi connectivity index (χ0) is 17.4. The summed E-state index contributed by atoms with van der Waals surface area (Å²) in [6, 6.07) is 16.3. The molecule has 24 heavy (non-hydrogen) atoms. The zero-order valence-electron chi connectivity index (χ0n) is 13.5. The number of carbonyl (C=O) groups is 1. The van der Waals surface area contributed by atoms with Crippen molar-refractivity contribution in [2.24, 2.45) is 0 Å². The van der Waals surface area contributed by atoms with Crippen LogP contribution in [0.2, 0.25) is 0 Å². The zero-order valence-corrected chi connectivity index (χ0v) is 13.5. The van der Waals surface area contributed by atoms with Crippen LogP contribution >= 0.6 is 0 Å². The number of methoxy groups -OCH3 is 2. The lowest BCUT2D eigenvalue weighted by atomic mass is 10.1. The van der Waals surface area contributed by atoms with E-state index in [1.54, 1.807) is 18.2 Å². The molecule has 0 heterocycles. The summed E-state index contributed by atoms with van der Waals surface area (Å²) in [5, 5.41) is 9.21. The number of nitriles is 1. The van der Waals surface area contributed by atoms with Crippen molar-refractivity contribution >= 4 is 12.0 Å². The molecule has 0 aliphatic rings. The summed E-state index contributed by atoms with van der Waals surface area (Å²) in [7, 11) is 3.06. The van der Waals surface area contributed by atoms with Gasteiger partial charge in [0.25, 0.3) is 0 Å². The Labute approximate surface area is 140 Å². The van der Waals surface area contributed by atoms with Crippen LogP contribution in [0.5, 0.6) is 11.5 Å². The topological polar surface area (TPSA) is 68.5 Å². The monoisotopic (exact) mass is 323 g/mol. The molecule has 5 nitrogen and oxygen atoms in total. The van der Waals surface area contributed by atoms with E-state index in [9.17, 15) is 10.1 Å². The Morgan fingerprint density at radius 1 is 1.08 bits per heavy atom. The first-order chi connectivity index (χ1) is 11.7. The average Bonchev–Trinajstić information content (AvgIpc) is 2.64. The fraction of sp³-hybridized carbons (Fsp3) is 0.158. The minimum absolute atomic E-state index is 0.0850. The molecule has 2 aromatic rings. The Balaban J connectivity index is 2.13. The summed E-state index contributed by atoms with van der Waals surface area (Å²) < 4.78 is 15.5. The molecule has 0 bridgehead atoms. The number of carbonyl (C=O) groups excluding carboxylic acids is 1. The van der Waals surface area contributed by atoms with Gasteiger partial charge in [-0.1, -0.05) is 36.4 Å². The lowest BCUT2D eigenvalue weighted by Crippen LogP contribution is -2.06. The Kier molecular flexibility index (Phi) is 5.98. The van der Waals surface area contributed by atoms with Crippen LogP contribution in [0.1, 0.15) is 11.1 Å². The molecule has 0 unspecified atom stereocenters. The highest BCUT2D eigenvalue weighted by Crippen LogP contribution is 2.28. The Morgan fingerprint density at radius 3 is 2.42 bits per heavy atom. The molecule has 0 aliphatic heterocycles. The average molecular weight is 323 g/mol. The van der Waals surface area contributed by atoms with Gasteiger partial charge in [0.1, 0.15) is 18.2 Å². The minimum Gasteiger partial charge on any atom is -0.493 e. The molecule has 0 amide bonds. The number of hydrogen-bond donors (Lipinski definition) is 0. The van der Waals surface area contributed by atoms with E-state index in [-0.39, 0.29) is 12.2 Å². The first kappa shape index (κ1) is 17.1. The van der Waals surface area contributed by atoms with Crippen molar-refractivity contribution < 1.29 is 19.0 Å². The van der Waals surface area contributed by atoms with Crippen molar-refractivity contribution in [2.75, 3.05) is 14.2 Å². The summed E-state index contributed by atoms with van der Waals surface area (Å²) >= 11 is 0. The Hall–Kier alpha value is -3.26. The fourth-order valence-electron chi connectivity index (χ4n) is 2.05. The van der Waals surface area contributed by atoms with Gasteiger partial charge in [-0.25, -0.2) is 4.79 Å². The highest BCUT2D eigenvalue weighted by molar-refractivity contribution is 5.97. The molecule has 0 aliphatic carbocycles. The van der Waals surface area contributed by atoms with Crippen molar-refractivity contribution in [3.63, 3.8) is 0 Å². The van der Waals surface area contributed by atoms with Gasteiger partial charge in [-0.15, -0.1) is 0 Å². The second-order valence-electron chi connectivity index (χ2n) is 4.85. The van der Waals surface area contributed by atoms with Gasteiger partial charge < -0.3 is 14.2 Å². The molecular weight excluding hydrogens is 306 g/mol. The number of rotatable bonds is 6. The highest BCUT2D eigenvalue weighted by Gasteiger charge is 2.12. The number of hydrogen-bond acceptors (Lipinski definition) is 5. The molecule has 0 fully saturated rings. The minimum atomic E-state index is -0.670. The maximum atomic E-state index is 12.1. The predicted octanol–water partition coefficient (Wildman–Crippen LogP) is 3.35. The molecule has 0 saturated carbocycles. The molecule has 0 atom stereocenters. The van der Waals surface area contributed by atoms with Gasteiger partial charge in [0.15, 0.2) is 11.5 Å². The molecule has 2 aromatic carbocycles. The lowest BCUT2D eigenvalue weighted by Gasteiger charge is -2.08. The van der Waals surface area contributed by atoms with Gasteiger partial charge in [0.05, 0.1) is 14.2 Å². The van der Waals surface area contributed by atoms with Crippen molar-refractivity contribution in [3.05, 3.63) is 65.2 Å². The smallest absolute Gasteiger partial charge is 0.349 e. The first-order valence-electron chi connectivity index (χ1n) is 7.22. The number of esters is 1. The standard InChI is InChI=1S/C19H17NO4/c1-22-17-9-8-15(11-18(17)23-2)10-16(12-20)19(21)24-13-14-6-4-3-5-7-14/h3-11H,13H2,1-2H3. The second-order valence-corrected chi connectivity index (χ2v) is 4.85. The normalized spacial score (nSPS) is 10.6. The van der Waals surface area contributed by atoms with E-state index in [2.05, 4.69) is 0 Å². The van der Waals surface area contributed by atoms with E-state index in [1.807, 2.05) is 36.4 Å². The van der Waals surface area contributed by atoms with Crippen molar-refractivity contribution in [3.8, 4) is 17.6 Å². The summed E-state index contributed by atoms with van der Waals surface area (Å²) in [4.78, 5) is 12.1. The molecular formula is C19H17NO4. The van der Waals surface area contributed by atoms with Crippen molar-refractivity contribution in [1.82, 2.24) is 0 Å². The van der Waals surface area contributed by atoms with Crippen LogP contribution in [0, 0.1) is 11.3 Å². The fourth-order valence-corrected chi connectivity index (χ4v) is 2.05. The van der Waals surface area contributed by atoms with Crippen molar-refractivity contribution in [1.29, 1.82) is 5.26 Å². The van der Waals surface area contributed by atoms with E-state index in [4.69, 9.17) is 14.2 Å². The van der Waals surface area contributed by atoms with Crippen LogP contribution in [-0.4, -0.2) is 20.2 Å². The van der Waals surface area contributed by atoms with Gasteiger partial charge in [-0.05, 0) is 29.3 Å². The molecule has 2 rings (SSSR count). The molecule has 0 N–H and O–H groups in total. The second kappa shape index (κ2) is 8.39. The summed E-state index contributed by atoms with van der Waals surface area (Å²) in [5.74, 6) is 0.414. The quantitative estimate of drug-likeness (QED) is 0.463. The van der Waals surface area contributed by atoms with Gasteiger partial charge in [0.2, 0.25) is 0 Å². The largest absolute Gasteiger partial charge is 0.493 e. The maximum absolute atomic E-state index is 12.1. The number of nitrogens with zero attached hydrogens (tertiary/aromatic N) is 1. The van der Waals surface area contributed by atoms with Gasteiger partial charge in [-0.2, -0.15) is 5.26 Å². The third kappa shape index (κ3) is 4.37. The van der Waals surface area contributed by atoms with E-state index in [0.717, 1.165) is 5.56 Å². The van der Waals surface area contributed by atoms with Gasteiger partial charge in [0, 0.05) is 0 Å². The maximum Gasteiger partial charge on any atom is 0.349 e. The van der Waals surface area contributed by atoms with Crippen LogP contribution in [0.15, 0.2) is 54.1 Å². The van der Waals surface area contributed by atoms with Crippen molar-refractivity contribution in [2.45, 2.75) is 6.61 Å². The van der Waals surface area contributed by atoms with E-state index < -0.39 is 5.97 Å². The summed E-state index contributed by atoms with van der Waals surface area (Å²) in [6.07, 6.45) is 1.45. The Morgan fingerprint density at radius 2 is 1.79 bits per heavy atom. The third-order valence-electron chi connectivity index (χ3n) is 3.27. The molecule has 122 valence electrons. The number of benzene rings is 2. The van der Waals surface area contributed by atoms with Gasteiger partial charge in [-0.3, -0.25) is 0 Å². The van der Waals surface area contributed by atoms with Crippen LogP contribution in [0.4, 0.5) is 0 Å². The molecule has 0 saturated heterocycles. The van der Waals surface area contributed by atoms with E-state index in [1.165, 1.54) is 20.3 Å². The third-order valence-corrected chi connectivity index (χ3v) is 3.27. The molecule has 5 heteroatoms. The van der Waals surface area contributed by atoms with E-state index in [0.29, 0.717) is 17.1 Å². The SMILES string of the molecule is COc1ccc(C=C(C#N)C(=O)OCc2ccccc2)cc1OC. The summed E-state index contributed by atoms with van der Waals surface area (Å²) in [5.41, 5.74) is 1.41. The van der Waals surface area contributed by atoms with Crippen LogP contribution in [0.3, 0.4) is 0 Å². The van der Waals surface area contributed by atoms with Gasteiger partial charge >= 0.3 is 5.97 Å². The number of ether oxygens (including phenoxy) is 3. The van der Waals surface area contributed by atoms with Crippen LogP contribution < -0.4 is 9.47 Å². The molecule has 0 spiro atoms. The van der Waals surface area contributed by atoms with Crippen LogP contribution in [-0.2, 0) is 16.1 Å². The molecule has 0 radical (unpaired) electrons. The highest BCUT2D eigenvalue weighted by atomic mass is 16.5. The van der Waals surface area contributed by atoms with Crippen LogP contribution in [0.25, 0.3) is 6.08 Å². The van der Waals surface area contributed by atoms with E-state index >= 15 is 0 Å². The first-order valence-corrected chi connectivity index (χ1v) is 7.22. The lowest BCUT2D eigenvalue weighted by molar-refractivity contribution is -0.139. The summed E-state index contributed by atoms with van der Waals surface area (Å²) in [6.45, 7) is 0.116.